The molecule has 0 aliphatic carbocycles. The molecule has 2 rings (SSSR count). The van der Waals surface area contributed by atoms with Crippen LogP contribution in [0.2, 0.25) is 0 Å². The number of benzene rings is 2. The number of carbonyl (C=O) groups is 2. The summed E-state index contributed by atoms with van der Waals surface area (Å²) in [4.78, 5) is 25.3. The van der Waals surface area contributed by atoms with Gasteiger partial charge in [0.15, 0.2) is 0 Å². The van der Waals surface area contributed by atoms with E-state index in [2.05, 4.69) is 5.32 Å². The van der Waals surface area contributed by atoms with Crippen LogP contribution < -0.4 is 10.2 Å². The summed E-state index contributed by atoms with van der Waals surface area (Å²) in [5, 5.41) is 2.86. The van der Waals surface area contributed by atoms with Gasteiger partial charge in [-0.25, -0.2) is 0 Å². The molecule has 0 aliphatic rings. The highest BCUT2D eigenvalue weighted by molar-refractivity contribution is 5.97. The first kappa shape index (κ1) is 15.8. The van der Waals surface area contributed by atoms with Crippen molar-refractivity contribution >= 4 is 17.5 Å². The van der Waals surface area contributed by atoms with E-state index in [1.807, 2.05) is 61.5 Å². The van der Waals surface area contributed by atoms with Gasteiger partial charge in [-0.3, -0.25) is 9.59 Å². The molecular formula is C18H20N2O2. The molecule has 0 saturated carbocycles. The molecule has 0 fully saturated rings. The third-order valence-corrected chi connectivity index (χ3v) is 3.49. The largest absolute Gasteiger partial charge is 0.350 e. The number of rotatable bonds is 5. The first-order chi connectivity index (χ1) is 10.6. The van der Waals surface area contributed by atoms with Crippen molar-refractivity contribution in [3.63, 3.8) is 0 Å². The van der Waals surface area contributed by atoms with Crippen molar-refractivity contribution in [2.75, 3.05) is 11.4 Å². The molecule has 0 aliphatic heterocycles. The smallest absolute Gasteiger partial charge is 0.240 e. The maximum atomic E-state index is 12.1. The zero-order valence-corrected chi connectivity index (χ0v) is 12.9. The monoisotopic (exact) mass is 296 g/mol. The molecule has 0 unspecified atom stereocenters. The van der Waals surface area contributed by atoms with Gasteiger partial charge in [0.05, 0.1) is 0 Å². The molecule has 0 bridgehead atoms. The second-order valence-electron chi connectivity index (χ2n) is 5.14. The fraction of sp³-hybridized carbons (Fsp3) is 0.222. The van der Waals surface area contributed by atoms with E-state index in [4.69, 9.17) is 0 Å². The van der Waals surface area contributed by atoms with Crippen LogP contribution in [0.5, 0.6) is 0 Å². The molecule has 2 amide bonds. The molecule has 0 aromatic heterocycles. The number of nitrogens with zero attached hydrogens (tertiary/aromatic N) is 1. The second kappa shape index (κ2) is 7.41. The summed E-state index contributed by atoms with van der Waals surface area (Å²) in [7, 11) is 0. The van der Waals surface area contributed by atoms with Crippen LogP contribution in [0, 0.1) is 6.92 Å². The molecule has 4 nitrogen and oxygen atoms in total. The lowest BCUT2D eigenvalue weighted by Gasteiger charge is -2.20. The highest BCUT2D eigenvalue weighted by Gasteiger charge is 2.15. The number of anilines is 1. The van der Waals surface area contributed by atoms with Crippen LogP contribution in [0.15, 0.2) is 54.6 Å². The maximum absolute atomic E-state index is 12.1. The molecule has 2 aromatic carbocycles. The summed E-state index contributed by atoms with van der Waals surface area (Å²) in [5.41, 5.74) is 2.93. The minimum Gasteiger partial charge on any atom is -0.350 e. The zero-order valence-electron chi connectivity index (χ0n) is 12.9. The fourth-order valence-electron chi connectivity index (χ4n) is 2.19. The summed E-state index contributed by atoms with van der Waals surface area (Å²) in [6.07, 6.45) is 0. The van der Waals surface area contributed by atoms with Crippen LogP contribution in [0.25, 0.3) is 0 Å². The SMILES string of the molecule is CC(=O)N(CC(=O)NCc1ccccc1C)c1ccccc1. The molecule has 114 valence electrons. The molecule has 0 spiro atoms. The van der Waals surface area contributed by atoms with E-state index in [1.165, 1.54) is 11.8 Å². The van der Waals surface area contributed by atoms with Crippen LogP contribution in [0.1, 0.15) is 18.1 Å². The van der Waals surface area contributed by atoms with Gasteiger partial charge in [-0.15, -0.1) is 0 Å². The predicted molar refractivity (Wildman–Crippen MR) is 87.5 cm³/mol. The van der Waals surface area contributed by atoms with E-state index in [-0.39, 0.29) is 18.4 Å². The number of aryl methyl sites for hydroxylation is 1. The number of nitrogens with one attached hydrogen (secondary N) is 1. The van der Waals surface area contributed by atoms with Gasteiger partial charge < -0.3 is 10.2 Å². The van der Waals surface area contributed by atoms with Gasteiger partial charge in [0.1, 0.15) is 6.54 Å². The van der Waals surface area contributed by atoms with Crippen LogP contribution in [-0.2, 0) is 16.1 Å². The first-order valence-electron chi connectivity index (χ1n) is 7.22. The van der Waals surface area contributed by atoms with Crippen molar-refractivity contribution in [3.05, 3.63) is 65.7 Å². The molecule has 0 heterocycles. The normalized spacial score (nSPS) is 10.1. The minimum atomic E-state index is -0.178. The Hall–Kier alpha value is -2.62. The van der Waals surface area contributed by atoms with Crippen LogP contribution in [-0.4, -0.2) is 18.4 Å². The lowest BCUT2D eigenvalue weighted by Crippen LogP contribution is -2.39. The topological polar surface area (TPSA) is 49.4 Å². The lowest BCUT2D eigenvalue weighted by molar-refractivity contribution is -0.123. The Morgan fingerprint density at radius 3 is 2.27 bits per heavy atom. The van der Waals surface area contributed by atoms with Gasteiger partial charge in [0.25, 0.3) is 0 Å². The van der Waals surface area contributed by atoms with Crippen molar-refractivity contribution < 1.29 is 9.59 Å². The van der Waals surface area contributed by atoms with E-state index in [1.54, 1.807) is 0 Å². The van der Waals surface area contributed by atoms with Gasteiger partial charge >= 0.3 is 0 Å². The van der Waals surface area contributed by atoms with Gasteiger partial charge in [-0.05, 0) is 30.2 Å². The average Bonchev–Trinajstić information content (AvgIpc) is 2.52. The minimum absolute atomic E-state index is 0.0191. The van der Waals surface area contributed by atoms with Gasteiger partial charge in [-0.2, -0.15) is 0 Å². The Labute approximate surface area is 130 Å². The van der Waals surface area contributed by atoms with Crippen LogP contribution in [0.3, 0.4) is 0 Å². The van der Waals surface area contributed by atoms with Gasteiger partial charge in [0.2, 0.25) is 11.8 Å². The van der Waals surface area contributed by atoms with Crippen LogP contribution >= 0.6 is 0 Å². The van der Waals surface area contributed by atoms with Crippen molar-refractivity contribution in [1.82, 2.24) is 5.32 Å². The Morgan fingerprint density at radius 1 is 1.00 bits per heavy atom. The summed E-state index contributed by atoms with van der Waals surface area (Å²) in [6, 6.07) is 17.1. The van der Waals surface area contributed by atoms with Crippen molar-refractivity contribution in [2.45, 2.75) is 20.4 Å². The van der Waals surface area contributed by atoms with Crippen molar-refractivity contribution in [2.24, 2.45) is 0 Å². The zero-order chi connectivity index (χ0) is 15.9. The second-order valence-corrected chi connectivity index (χ2v) is 5.14. The average molecular weight is 296 g/mol. The molecule has 4 heteroatoms. The molecule has 1 N–H and O–H groups in total. The van der Waals surface area contributed by atoms with E-state index in [0.717, 1.165) is 16.8 Å². The lowest BCUT2D eigenvalue weighted by atomic mass is 10.1. The highest BCUT2D eigenvalue weighted by Crippen LogP contribution is 2.13. The molecule has 0 atom stereocenters. The standard InChI is InChI=1S/C18H20N2O2/c1-14-8-6-7-9-16(14)12-19-18(22)13-20(15(2)21)17-10-4-3-5-11-17/h3-11H,12-13H2,1-2H3,(H,19,22). The predicted octanol–water partition coefficient (Wildman–Crippen LogP) is 2.66. The fourth-order valence-corrected chi connectivity index (χ4v) is 2.19. The molecule has 22 heavy (non-hydrogen) atoms. The van der Waals surface area contributed by atoms with E-state index in [9.17, 15) is 9.59 Å². The number of para-hydroxylation sites is 1. The summed E-state index contributed by atoms with van der Waals surface area (Å²) in [6.45, 7) is 3.95. The maximum Gasteiger partial charge on any atom is 0.240 e. The molecule has 0 radical (unpaired) electrons. The summed E-state index contributed by atoms with van der Waals surface area (Å²) >= 11 is 0. The molecule has 0 saturated heterocycles. The number of amides is 2. The third-order valence-electron chi connectivity index (χ3n) is 3.49. The summed E-state index contributed by atoms with van der Waals surface area (Å²) < 4.78 is 0. The number of carbonyl (C=O) groups excluding carboxylic acids is 2. The van der Waals surface area contributed by atoms with Gasteiger partial charge in [-0.1, -0.05) is 42.5 Å². The Morgan fingerprint density at radius 2 is 1.64 bits per heavy atom. The van der Waals surface area contributed by atoms with E-state index in [0.29, 0.717) is 6.54 Å². The summed E-state index contributed by atoms with van der Waals surface area (Å²) in [5.74, 6) is -0.334. The van der Waals surface area contributed by atoms with E-state index >= 15 is 0 Å². The van der Waals surface area contributed by atoms with Crippen molar-refractivity contribution in [1.29, 1.82) is 0 Å². The van der Waals surface area contributed by atoms with E-state index < -0.39 is 0 Å². The van der Waals surface area contributed by atoms with Gasteiger partial charge in [0, 0.05) is 19.2 Å². The molecular weight excluding hydrogens is 276 g/mol. The van der Waals surface area contributed by atoms with Crippen molar-refractivity contribution in [3.8, 4) is 0 Å². The number of hydrogen-bond acceptors (Lipinski definition) is 2. The Bertz CT molecular complexity index is 653. The Kier molecular flexibility index (Phi) is 5.31. The quantitative estimate of drug-likeness (QED) is 0.922. The number of hydrogen-bond donors (Lipinski definition) is 1. The third kappa shape index (κ3) is 4.19. The van der Waals surface area contributed by atoms with Crippen LogP contribution in [0.4, 0.5) is 5.69 Å². The Balaban J connectivity index is 1.98. The highest BCUT2D eigenvalue weighted by atomic mass is 16.2. The first-order valence-corrected chi connectivity index (χ1v) is 7.22. The molecule has 2 aromatic rings.